The minimum atomic E-state index is -0.313. The summed E-state index contributed by atoms with van der Waals surface area (Å²) < 4.78 is 0. The number of hydrogen-bond donors (Lipinski definition) is 4. The summed E-state index contributed by atoms with van der Waals surface area (Å²) in [5.74, 6) is 0.454. The average Bonchev–Trinajstić information content (AvgIpc) is 2.76. The van der Waals surface area contributed by atoms with Crippen LogP contribution in [0.3, 0.4) is 0 Å². The number of aliphatic hydroxyl groups is 1. The molecule has 0 spiro atoms. The van der Waals surface area contributed by atoms with Crippen LogP contribution in [0.2, 0.25) is 0 Å². The summed E-state index contributed by atoms with van der Waals surface area (Å²) in [7, 11) is 0. The van der Waals surface area contributed by atoms with Crippen LogP contribution in [-0.2, 0) is 0 Å². The van der Waals surface area contributed by atoms with Gasteiger partial charge in [0.1, 0.15) is 5.52 Å². The fourth-order valence-corrected chi connectivity index (χ4v) is 1.33. The molecule has 17 heavy (non-hydrogen) atoms. The molecule has 0 amide bonds. The van der Waals surface area contributed by atoms with Crippen molar-refractivity contribution in [3.63, 3.8) is 0 Å². The highest BCUT2D eigenvalue weighted by atomic mass is 16.3. The summed E-state index contributed by atoms with van der Waals surface area (Å²) in [6.45, 7) is 2.34. The van der Waals surface area contributed by atoms with Gasteiger partial charge in [0.15, 0.2) is 11.5 Å². The predicted octanol–water partition coefficient (Wildman–Crippen LogP) is 0.409. The minimum Gasteiger partial charge on any atom is -0.479 e. The van der Waals surface area contributed by atoms with E-state index in [9.17, 15) is 5.11 Å². The Bertz CT molecular complexity index is 549. The Labute approximate surface area is 97.3 Å². The number of nitrogens with zero attached hydrogens (tertiary/aromatic N) is 3. The van der Waals surface area contributed by atoms with Gasteiger partial charge in [-0.3, -0.25) is 0 Å². The number of aromatic hydroxyl groups is 1. The Morgan fingerprint density at radius 1 is 1.53 bits per heavy atom. The second kappa shape index (κ2) is 4.79. The van der Waals surface area contributed by atoms with Gasteiger partial charge >= 0.3 is 6.01 Å². The van der Waals surface area contributed by atoms with Crippen molar-refractivity contribution in [3.05, 3.63) is 18.0 Å². The number of anilines is 1. The summed E-state index contributed by atoms with van der Waals surface area (Å²) >= 11 is 0. The van der Waals surface area contributed by atoms with Gasteiger partial charge in [-0.15, -0.1) is 0 Å². The molecule has 0 aromatic carbocycles. The van der Waals surface area contributed by atoms with Gasteiger partial charge in [-0.25, -0.2) is 4.98 Å². The Morgan fingerprint density at radius 2 is 2.35 bits per heavy atom. The minimum absolute atomic E-state index is 0.0223. The van der Waals surface area contributed by atoms with E-state index in [4.69, 9.17) is 5.11 Å². The van der Waals surface area contributed by atoms with Crippen LogP contribution in [0.15, 0.2) is 18.0 Å². The van der Waals surface area contributed by atoms with Crippen LogP contribution in [-0.4, -0.2) is 43.3 Å². The molecule has 0 atom stereocenters. The smallest absolute Gasteiger partial charge is 0.317 e. The van der Waals surface area contributed by atoms with Gasteiger partial charge in [0.05, 0.1) is 12.9 Å². The highest BCUT2D eigenvalue weighted by molar-refractivity contribution is 5.82. The van der Waals surface area contributed by atoms with E-state index in [-0.39, 0.29) is 12.6 Å². The maximum Gasteiger partial charge on any atom is 0.317 e. The molecule has 2 aromatic rings. The quantitative estimate of drug-likeness (QED) is 0.572. The Morgan fingerprint density at radius 3 is 3.12 bits per heavy atom. The van der Waals surface area contributed by atoms with Crippen molar-refractivity contribution >= 4 is 17.0 Å². The first-order chi connectivity index (χ1) is 8.20. The molecule has 0 aliphatic rings. The maximum absolute atomic E-state index is 9.32. The highest BCUT2D eigenvalue weighted by Crippen LogP contribution is 2.18. The van der Waals surface area contributed by atoms with Crippen molar-refractivity contribution in [3.8, 4) is 6.01 Å². The lowest BCUT2D eigenvalue weighted by Gasteiger charge is -2.03. The first kappa shape index (κ1) is 11.3. The Kier molecular flexibility index (Phi) is 3.20. The number of aromatic amines is 1. The van der Waals surface area contributed by atoms with Crippen LogP contribution in [0.5, 0.6) is 6.01 Å². The summed E-state index contributed by atoms with van der Waals surface area (Å²) in [5.41, 5.74) is 1.90. The van der Waals surface area contributed by atoms with Crippen molar-refractivity contribution in [1.82, 2.24) is 19.9 Å². The van der Waals surface area contributed by atoms with Crippen LogP contribution in [0.1, 0.15) is 6.92 Å². The largest absolute Gasteiger partial charge is 0.479 e. The molecule has 0 aliphatic carbocycles. The lowest BCUT2D eigenvalue weighted by atomic mass is 10.3. The molecule has 0 saturated heterocycles. The predicted molar refractivity (Wildman–Crippen MR) is 62.7 cm³/mol. The van der Waals surface area contributed by atoms with Gasteiger partial charge in [0, 0.05) is 6.54 Å². The summed E-state index contributed by atoms with van der Waals surface area (Å²) in [6.07, 6.45) is 3.32. The number of H-pyrrole nitrogens is 1. The number of rotatable bonds is 4. The molecule has 0 unspecified atom stereocenters. The Balaban J connectivity index is 2.20. The molecule has 2 heterocycles. The molecule has 2 rings (SSSR count). The van der Waals surface area contributed by atoms with Gasteiger partial charge in [-0.05, 0) is 6.92 Å². The van der Waals surface area contributed by atoms with E-state index < -0.39 is 0 Å². The lowest BCUT2D eigenvalue weighted by Crippen LogP contribution is -2.03. The third kappa shape index (κ3) is 2.51. The number of nitrogens with one attached hydrogen (secondary N) is 2. The number of fused-ring (bicyclic) bond motifs is 1. The number of aromatic nitrogens is 4. The van der Waals surface area contributed by atoms with Crippen LogP contribution in [0.4, 0.5) is 5.82 Å². The molecule has 0 bridgehead atoms. The monoisotopic (exact) mass is 235 g/mol. The molecule has 0 radical (unpaired) electrons. The second-order valence-corrected chi connectivity index (χ2v) is 3.56. The lowest BCUT2D eigenvalue weighted by molar-refractivity contribution is 0.331. The van der Waals surface area contributed by atoms with Gasteiger partial charge < -0.3 is 20.5 Å². The zero-order valence-corrected chi connectivity index (χ0v) is 9.30. The molecule has 0 fully saturated rings. The van der Waals surface area contributed by atoms with E-state index in [1.54, 1.807) is 0 Å². The fraction of sp³-hybridized carbons (Fsp3) is 0.300. The molecule has 90 valence electrons. The molecule has 4 N–H and O–H groups in total. The van der Waals surface area contributed by atoms with Gasteiger partial charge in [-0.1, -0.05) is 11.6 Å². The molecule has 0 aliphatic heterocycles. The number of hydrogen-bond acceptors (Lipinski definition) is 6. The maximum atomic E-state index is 9.32. The molecule has 2 aromatic heterocycles. The van der Waals surface area contributed by atoms with Crippen molar-refractivity contribution in [2.45, 2.75) is 6.92 Å². The average molecular weight is 235 g/mol. The molecule has 0 saturated carbocycles. The SMILES string of the molecule is C/C(=C\CNc1nc(O)nc2[nH]cnc12)CO. The third-order valence-corrected chi connectivity index (χ3v) is 2.24. The molecule has 7 heteroatoms. The normalized spacial score (nSPS) is 12.0. The van der Waals surface area contributed by atoms with Gasteiger partial charge in [0.25, 0.3) is 0 Å². The van der Waals surface area contributed by atoms with Crippen molar-refractivity contribution < 1.29 is 10.2 Å². The molecule has 7 nitrogen and oxygen atoms in total. The molecular weight excluding hydrogens is 222 g/mol. The summed E-state index contributed by atoms with van der Waals surface area (Å²) in [5, 5.41) is 21.2. The van der Waals surface area contributed by atoms with Crippen molar-refractivity contribution in [2.24, 2.45) is 0 Å². The second-order valence-electron chi connectivity index (χ2n) is 3.56. The summed E-state index contributed by atoms with van der Waals surface area (Å²) in [4.78, 5) is 14.5. The zero-order valence-electron chi connectivity index (χ0n) is 9.30. The van der Waals surface area contributed by atoms with Crippen molar-refractivity contribution in [2.75, 3.05) is 18.5 Å². The standard InChI is InChI=1S/C10H13N5O2/c1-6(4-16)2-3-11-8-7-9(13-5-12-7)15-10(17)14-8/h2,5,16H,3-4H2,1H3,(H3,11,12,13,14,15,17)/b6-2+. The van der Waals surface area contributed by atoms with Crippen LogP contribution in [0, 0.1) is 0 Å². The molecular formula is C10H13N5O2. The number of aliphatic hydroxyl groups excluding tert-OH is 1. The summed E-state index contributed by atoms with van der Waals surface area (Å²) in [6, 6.07) is -0.313. The van der Waals surface area contributed by atoms with E-state index in [2.05, 4.69) is 25.3 Å². The van der Waals surface area contributed by atoms with Crippen LogP contribution < -0.4 is 5.32 Å². The van der Waals surface area contributed by atoms with Gasteiger partial charge in [-0.2, -0.15) is 9.97 Å². The fourth-order valence-electron chi connectivity index (χ4n) is 1.33. The third-order valence-electron chi connectivity index (χ3n) is 2.24. The van der Waals surface area contributed by atoms with E-state index in [0.29, 0.717) is 23.5 Å². The van der Waals surface area contributed by atoms with Crippen molar-refractivity contribution in [1.29, 1.82) is 0 Å². The first-order valence-electron chi connectivity index (χ1n) is 5.11. The van der Waals surface area contributed by atoms with Gasteiger partial charge in [0.2, 0.25) is 0 Å². The topological polar surface area (TPSA) is 107 Å². The van der Waals surface area contributed by atoms with E-state index in [0.717, 1.165) is 5.57 Å². The number of imidazole rings is 1. The first-order valence-corrected chi connectivity index (χ1v) is 5.11. The van der Waals surface area contributed by atoms with E-state index in [1.807, 2.05) is 13.0 Å². The van der Waals surface area contributed by atoms with Crippen LogP contribution in [0.25, 0.3) is 11.2 Å². The van der Waals surface area contributed by atoms with E-state index in [1.165, 1.54) is 6.33 Å². The van der Waals surface area contributed by atoms with Crippen LogP contribution >= 0.6 is 0 Å². The highest BCUT2D eigenvalue weighted by Gasteiger charge is 2.08. The van der Waals surface area contributed by atoms with E-state index >= 15 is 0 Å². The zero-order chi connectivity index (χ0) is 12.3. The Hall–Kier alpha value is -2.15.